The Labute approximate surface area is 123 Å². The lowest BCUT2D eigenvalue weighted by Gasteiger charge is -2.17. The van der Waals surface area contributed by atoms with Crippen molar-refractivity contribution in [2.75, 3.05) is 12.5 Å². The number of carbonyl (C=O) groups is 3. The molecule has 1 heterocycles. The average Bonchev–Trinajstić information content (AvgIpc) is 2.81. The molecule has 7 heteroatoms. The van der Waals surface area contributed by atoms with Gasteiger partial charge in [-0.15, -0.1) is 23.1 Å². The molecule has 0 unspecified atom stereocenters. The van der Waals surface area contributed by atoms with Gasteiger partial charge >= 0.3 is 0 Å². The largest absolute Gasteiger partial charge is 0.298 e. The van der Waals surface area contributed by atoms with Crippen molar-refractivity contribution in [3.8, 4) is 0 Å². The Balaban J connectivity index is 2.35. The lowest BCUT2D eigenvalue weighted by atomic mass is 9.83. The van der Waals surface area contributed by atoms with Crippen molar-refractivity contribution in [3.05, 3.63) is 5.69 Å². The summed E-state index contributed by atoms with van der Waals surface area (Å²) in [6.45, 7) is 0. The first kappa shape index (κ1) is 14.7. The molecule has 0 N–H and O–H groups in total. The molecule has 1 aromatic heterocycles. The van der Waals surface area contributed by atoms with E-state index in [0.29, 0.717) is 19.3 Å². The average molecular weight is 315 g/mol. The molecule has 0 spiro atoms. The quantitative estimate of drug-likeness (QED) is 0.483. The van der Waals surface area contributed by atoms with Crippen LogP contribution in [0.1, 0.15) is 29.8 Å². The van der Waals surface area contributed by atoms with E-state index in [4.69, 9.17) is 0 Å². The second kappa shape index (κ2) is 6.19. The maximum Gasteiger partial charge on any atom is 0.201 e. The van der Waals surface area contributed by atoms with Gasteiger partial charge in [-0.25, -0.2) is 4.98 Å². The van der Waals surface area contributed by atoms with Crippen LogP contribution in [-0.2, 0) is 9.59 Å². The first-order valence-electron chi connectivity index (χ1n) is 5.77. The highest BCUT2D eigenvalue weighted by molar-refractivity contribution is 8.02. The number of thioether (sulfide) groups is 2. The van der Waals surface area contributed by atoms with Gasteiger partial charge in [-0.05, 0) is 18.9 Å². The summed E-state index contributed by atoms with van der Waals surface area (Å²) in [7, 11) is 0. The Morgan fingerprint density at radius 2 is 1.84 bits per heavy atom. The van der Waals surface area contributed by atoms with E-state index in [2.05, 4.69) is 4.98 Å². The van der Waals surface area contributed by atoms with E-state index >= 15 is 0 Å². The van der Waals surface area contributed by atoms with Gasteiger partial charge in [0.2, 0.25) is 5.78 Å². The molecule has 4 nitrogen and oxygen atoms in total. The van der Waals surface area contributed by atoms with Crippen LogP contribution in [0.15, 0.2) is 8.55 Å². The lowest BCUT2D eigenvalue weighted by molar-refractivity contribution is -0.133. The van der Waals surface area contributed by atoms with E-state index in [0.717, 1.165) is 8.55 Å². The molecule has 0 saturated heterocycles. The SMILES string of the molecule is CSc1nc(C(=O)C2C(=O)CCCC2=O)c(SC)s1. The zero-order valence-corrected chi connectivity index (χ0v) is 13.0. The third-order valence-electron chi connectivity index (χ3n) is 2.92. The molecule has 1 aromatic rings. The fraction of sp³-hybridized carbons (Fsp3) is 0.500. The Morgan fingerprint density at radius 3 is 2.37 bits per heavy atom. The van der Waals surface area contributed by atoms with Crippen LogP contribution >= 0.6 is 34.9 Å². The summed E-state index contributed by atoms with van der Waals surface area (Å²) in [5.41, 5.74) is 0.287. The highest BCUT2D eigenvalue weighted by Crippen LogP contribution is 2.34. The number of Topliss-reactive ketones (excluding diaryl/α,β-unsaturated/α-hetero) is 3. The van der Waals surface area contributed by atoms with Crippen LogP contribution in [0.4, 0.5) is 0 Å². The molecular formula is C12H13NO3S3. The fourth-order valence-electron chi connectivity index (χ4n) is 2.00. The number of hydrogen-bond acceptors (Lipinski definition) is 7. The predicted molar refractivity (Wildman–Crippen MR) is 77.4 cm³/mol. The van der Waals surface area contributed by atoms with Crippen molar-refractivity contribution in [1.82, 2.24) is 4.98 Å². The second-order valence-corrected chi connectivity index (χ2v) is 7.23. The molecule has 0 radical (unpaired) electrons. The minimum Gasteiger partial charge on any atom is -0.298 e. The number of rotatable bonds is 4. The predicted octanol–water partition coefficient (Wildman–Crippen LogP) is 2.71. The van der Waals surface area contributed by atoms with Gasteiger partial charge in [0.05, 0.1) is 4.21 Å². The summed E-state index contributed by atoms with van der Waals surface area (Å²) in [5.74, 6) is -2.05. The third kappa shape index (κ3) is 2.93. The van der Waals surface area contributed by atoms with E-state index < -0.39 is 11.7 Å². The molecule has 1 aliphatic rings. The van der Waals surface area contributed by atoms with Crippen LogP contribution in [0.5, 0.6) is 0 Å². The van der Waals surface area contributed by atoms with E-state index in [1.54, 1.807) is 0 Å². The summed E-state index contributed by atoms with van der Waals surface area (Å²) < 4.78 is 1.56. The van der Waals surface area contributed by atoms with Crippen LogP contribution in [0.2, 0.25) is 0 Å². The van der Waals surface area contributed by atoms with Gasteiger partial charge in [-0.2, -0.15) is 0 Å². The van der Waals surface area contributed by atoms with Gasteiger partial charge in [0.15, 0.2) is 15.9 Å². The molecule has 1 aliphatic carbocycles. The van der Waals surface area contributed by atoms with Crippen LogP contribution in [-0.4, -0.2) is 34.8 Å². The first-order valence-corrected chi connectivity index (χ1v) is 9.03. The number of aromatic nitrogens is 1. The van der Waals surface area contributed by atoms with Crippen molar-refractivity contribution in [3.63, 3.8) is 0 Å². The minimum absolute atomic E-state index is 0.257. The maximum atomic E-state index is 12.4. The molecule has 102 valence electrons. The molecule has 0 bridgehead atoms. The Bertz CT molecular complexity index is 522. The number of nitrogens with zero attached hydrogens (tertiary/aromatic N) is 1. The Kier molecular flexibility index (Phi) is 4.81. The fourth-order valence-corrected chi connectivity index (χ4v) is 4.38. The molecule has 1 fully saturated rings. The second-order valence-electron chi connectivity index (χ2n) is 4.11. The van der Waals surface area contributed by atoms with Gasteiger partial charge in [-0.1, -0.05) is 11.8 Å². The number of thiazole rings is 1. The molecular weight excluding hydrogens is 302 g/mol. The van der Waals surface area contributed by atoms with Crippen LogP contribution < -0.4 is 0 Å². The van der Waals surface area contributed by atoms with Crippen molar-refractivity contribution >= 4 is 52.2 Å². The monoisotopic (exact) mass is 315 g/mol. The van der Waals surface area contributed by atoms with Crippen molar-refractivity contribution < 1.29 is 14.4 Å². The summed E-state index contributed by atoms with van der Waals surface area (Å²) in [4.78, 5) is 40.3. The molecule has 0 aliphatic heterocycles. The van der Waals surface area contributed by atoms with Gasteiger partial charge < -0.3 is 0 Å². The summed E-state index contributed by atoms with van der Waals surface area (Å²) >= 11 is 4.31. The number of carbonyl (C=O) groups excluding carboxylic acids is 3. The van der Waals surface area contributed by atoms with Crippen LogP contribution in [0, 0.1) is 5.92 Å². The van der Waals surface area contributed by atoms with E-state index in [1.807, 2.05) is 12.5 Å². The van der Waals surface area contributed by atoms with E-state index in [9.17, 15) is 14.4 Å². The smallest absolute Gasteiger partial charge is 0.201 e. The molecule has 2 rings (SSSR count). The summed E-state index contributed by atoms with van der Waals surface area (Å²) in [6.07, 6.45) is 4.93. The van der Waals surface area contributed by atoms with Crippen molar-refractivity contribution in [2.24, 2.45) is 5.92 Å². The third-order valence-corrected chi connectivity index (χ3v) is 6.07. The van der Waals surface area contributed by atoms with E-state index in [1.165, 1.54) is 34.9 Å². The van der Waals surface area contributed by atoms with Crippen LogP contribution in [0.3, 0.4) is 0 Å². The van der Waals surface area contributed by atoms with Gasteiger partial charge in [0, 0.05) is 12.8 Å². The van der Waals surface area contributed by atoms with Crippen LogP contribution in [0.25, 0.3) is 0 Å². The number of hydrogen-bond donors (Lipinski definition) is 0. The first-order chi connectivity index (χ1) is 9.08. The molecule has 0 atom stereocenters. The topological polar surface area (TPSA) is 64.1 Å². The van der Waals surface area contributed by atoms with E-state index in [-0.39, 0.29) is 17.3 Å². The van der Waals surface area contributed by atoms with Gasteiger partial charge in [0.1, 0.15) is 11.6 Å². The minimum atomic E-state index is -1.11. The van der Waals surface area contributed by atoms with Crippen molar-refractivity contribution in [2.45, 2.75) is 27.8 Å². The zero-order chi connectivity index (χ0) is 14.0. The molecule has 1 saturated carbocycles. The van der Waals surface area contributed by atoms with Gasteiger partial charge in [-0.3, -0.25) is 14.4 Å². The Morgan fingerprint density at radius 1 is 1.21 bits per heavy atom. The molecule has 19 heavy (non-hydrogen) atoms. The summed E-state index contributed by atoms with van der Waals surface area (Å²) in [6, 6.07) is 0. The lowest BCUT2D eigenvalue weighted by Crippen LogP contribution is -2.35. The van der Waals surface area contributed by atoms with Crippen molar-refractivity contribution in [1.29, 1.82) is 0 Å². The molecule has 0 aromatic carbocycles. The highest BCUT2D eigenvalue weighted by Gasteiger charge is 2.38. The standard InChI is InChI=1S/C12H13NO3S3/c1-17-11-9(13-12(18-2)19-11)10(16)8-6(14)4-3-5-7(8)15/h8H,3-5H2,1-2H3. The zero-order valence-electron chi connectivity index (χ0n) is 10.6. The normalized spacial score (nSPS) is 16.9. The number of ketones is 3. The molecule has 0 amide bonds. The highest BCUT2D eigenvalue weighted by atomic mass is 32.2. The van der Waals surface area contributed by atoms with Gasteiger partial charge in [0.25, 0.3) is 0 Å². The maximum absolute atomic E-state index is 12.4. The summed E-state index contributed by atoms with van der Waals surface area (Å²) in [5, 5.41) is 0. The Hall–Kier alpha value is -0.660.